The monoisotopic (exact) mass is 497 g/mol. The number of hydrogen-bond donors (Lipinski definition) is 2. The fraction of sp³-hybridized carbons (Fsp3) is 0.318. The molecule has 0 saturated heterocycles. The molecule has 0 saturated carbocycles. The molecule has 2 N–H and O–H groups in total. The van der Waals surface area contributed by atoms with Crippen molar-refractivity contribution < 1.29 is 37.0 Å². The number of benzene rings is 2. The number of fused-ring (bicyclic) bond motifs is 1. The molecular weight excluding hydrogens is 475 g/mol. The van der Waals surface area contributed by atoms with E-state index in [4.69, 9.17) is 14.2 Å². The number of carbonyl (C=O) groups excluding carboxylic acids is 2. The van der Waals surface area contributed by atoms with E-state index in [0.717, 1.165) is 11.3 Å². The molecule has 0 radical (unpaired) electrons. The summed E-state index contributed by atoms with van der Waals surface area (Å²) >= 11 is 1.07. The highest BCUT2D eigenvalue weighted by atomic mass is 32.1. The smallest absolute Gasteiger partial charge is 0.422 e. The van der Waals surface area contributed by atoms with E-state index in [1.807, 2.05) is 13.8 Å². The third-order valence-corrected chi connectivity index (χ3v) is 5.16. The van der Waals surface area contributed by atoms with Crippen LogP contribution in [0.1, 0.15) is 24.2 Å². The van der Waals surface area contributed by atoms with Crippen LogP contribution in [0.3, 0.4) is 0 Å². The van der Waals surface area contributed by atoms with Crippen LogP contribution in [0.5, 0.6) is 17.2 Å². The summed E-state index contributed by atoms with van der Waals surface area (Å²) in [7, 11) is 0. The first-order valence-electron chi connectivity index (χ1n) is 10.3. The van der Waals surface area contributed by atoms with Crippen molar-refractivity contribution >= 4 is 38.5 Å². The van der Waals surface area contributed by atoms with Crippen molar-refractivity contribution in [1.82, 2.24) is 10.3 Å². The van der Waals surface area contributed by atoms with Crippen molar-refractivity contribution in [3.63, 3.8) is 0 Å². The third kappa shape index (κ3) is 6.98. The second kappa shape index (κ2) is 11.1. The van der Waals surface area contributed by atoms with E-state index in [1.165, 1.54) is 24.3 Å². The fourth-order valence-electron chi connectivity index (χ4n) is 2.83. The average Bonchev–Trinajstić information content (AvgIpc) is 3.18. The lowest BCUT2D eigenvalue weighted by Gasteiger charge is -2.12. The van der Waals surface area contributed by atoms with Crippen LogP contribution in [0.2, 0.25) is 0 Å². The molecule has 0 aliphatic rings. The standard InChI is InChI=1S/C22H22F3N3O5S/c1-3-31-16-8-5-13(9-17(16)32-4-2)20(30)26-11-19(29)28-21-27-15-7-6-14(10-18(15)34-21)33-12-22(23,24)25/h5-10H,3-4,11-12H2,1-2H3,(H,26,30)(H,27,28,29). The molecule has 0 unspecified atom stereocenters. The summed E-state index contributed by atoms with van der Waals surface area (Å²) in [5, 5.41) is 5.31. The van der Waals surface area contributed by atoms with Gasteiger partial charge in [0.05, 0.1) is 30.0 Å². The van der Waals surface area contributed by atoms with E-state index < -0.39 is 24.6 Å². The number of alkyl halides is 3. The van der Waals surface area contributed by atoms with E-state index in [1.54, 1.807) is 12.1 Å². The van der Waals surface area contributed by atoms with Gasteiger partial charge in [-0.1, -0.05) is 11.3 Å². The number of nitrogens with one attached hydrogen (secondary N) is 2. The maximum Gasteiger partial charge on any atom is 0.422 e. The van der Waals surface area contributed by atoms with Gasteiger partial charge in [0.25, 0.3) is 5.91 Å². The number of amides is 2. The first kappa shape index (κ1) is 25.1. The Morgan fingerprint density at radius 3 is 2.44 bits per heavy atom. The fourth-order valence-corrected chi connectivity index (χ4v) is 3.74. The van der Waals surface area contributed by atoms with Crippen molar-refractivity contribution in [3.8, 4) is 17.2 Å². The topological polar surface area (TPSA) is 98.8 Å². The molecule has 0 spiro atoms. The van der Waals surface area contributed by atoms with Gasteiger partial charge in [-0.05, 0) is 50.2 Å². The number of aromatic nitrogens is 1. The lowest BCUT2D eigenvalue weighted by atomic mass is 10.2. The number of hydrogen-bond acceptors (Lipinski definition) is 7. The molecule has 3 aromatic rings. The van der Waals surface area contributed by atoms with Crippen molar-refractivity contribution in [2.75, 3.05) is 31.7 Å². The number of ether oxygens (including phenoxy) is 3. The first-order valence-corrected chi connectivity index (χ1v) is 11.1. The van der Waals surface area contributed by atoms with Gasteiger partial charge in [0, 0.05) is 5.56 Å². The minimum Gasteiger partial charge on any atom is -0.490 e. The molecule has 2 amide bonds. The Hall–Kier alpha value is -3.54. The molecule has 0 aliphatic carbocycles. The van der Waals surface area contributed by atoms with Crippen LogP contribution in [-0.2, 0) is 4.79 Å². The van der Waals surface area contributed by atoms with Gasteiger partial charge in [0.1, 0.15) is 5.75 Å². The zero-order chi connectivity index (χ0) is 24.7. The molecule has 12 heteroatoms. The number of halogens is 3. The first-order chi connectivity index (χ1) is 16.2. The van der Waals surface area contributed by atoms with Gasteiger partial charge in [-0.2, -0.15) is 13.2 Å². The predicted octanol–water partition coefficient (Wildman–Crippen LogP) is 4.40. The second-order valence-corrected chi connectivity index (χ2v) is 7.84. The summed E-state index contributed by atoms with van der Waals surface area (Å²) < 4.78 is 53.2. The highest BCUT2D eigenvalue weighted by Gasteiger charge is 2.28. The van der Waals surface area contributed by atoms with Crippen LogP contribution in [-0.4, -0.2) is 49.3 Å². The maximum atomic E-state index is 12.4. The third-order valence-electron chi connectivity index (χ3n) is 4.22. The lowest BCUT2D eigenvalue weighted by molar-refractivity contribution is -0.153. The molecule has 8 nitrogen and oxygen atoms in total. The van der Waals surface area contributed by atoms with Gasteiger partial charge in [0.2, 0.25) is 5.91 Å². The van der Waals surface area contributed by atoms with Gasteiger partial charge in [-0.3, -0.25) is 9.59 Å². The number of rotatable bonds is 10. The summed E-state index contributed by atoms with van der Waals surface area (Å²) in [4.78, 5) is 28.9. The van der Waals surface area contributed by atoms with Crippen LogP contribution in [0, 0.1) is 0 Å². The maximum absolute atomic E-state index is 12.4. The van der Waals surface area contributed by atoms with Crippen LogP contribution in [0.15, 0.2) is 36.4 Å². The number of anilines is 1. The Labute approximate surface area is 197 Å². The van der Waals surface area contributed by atoms with Crippen LogP contribution in [0.4, 0.5) is 18.3 Å². The molecule has 2 aromatic carbocycles. The Bertz CT molecular complexity index is 1170. The van der Waals surface area contributed by atoms with Crippen LogP contribution < -0.4 is 24.8 Å². The summed E-state index contributed by atoms with van der Waals surface area (Å²) in [6, 6.07) is 9.00. The van der Waals surface area contributed by atoms with E-state index >= 15 is 0 Å². The second-order valence-electron chi connectivity index (χ2n) is 6.81. The molecule has 3 rings (SSSR count). The van der Waals surface area contributed by atoms with E-state index in [0.29, 0.717) is 40.5 Å². The van der Waals surface area contributed by atoms with Crippen LogP contribution >= 0.6 is 11.3 Å². The summed E-state index contributed by atoms with van der Waals surface area (Å²) in [6.45, 7) is 2.77. The average molecular weight is 497 g/mol. The van der Waals surface area contributed by atoms with Gasteiger partial charge in [0.15, 0.2) is 23.2 Å². The minimum atomic E-state index is -4.44. The van der Waals surface area contributed by atoms with E-state index in [9.17, 15) is 22.8 Å². The van der Waals surface area contributed by atoms with Crippen LogP contribution in [0.25, 0.3) is 10.2 Å². The summed E-state index contributed by atoms with van der Waals surface area (Å²) in [5.74, 6) is -0.0110. The van der Waals surface area contributed by atoms with E-state index in [2.05, 4.69) is 15.6 Å². The SMILES string of the molecule is CCOc1ccc(C(=O)NCC(=O)Nc2nc3ccc(OCC(F)(F)F)cc3s2)cc1OCC. The lowest BCUT2D eigenvalue weighted by Crippen LogP contribution is -2.32. The zero-order valence-electron chi connectivity index (χ0n) is 18.3. The summed E-state index contributed by atoms with van der Waals surface area (Å²) in [5.41, 5.74) is 0.785. The predicted molar refractivity (Wildman–Crippen MR) is 121 cm³/mol. The van der Waals surface area contributed by atoms with Crippen molar-refractivity contribution in [2.24, 2.45) is 0 Å². The van der Waals surface area contributed by atoms with Crippen molar-refractivity contribution in [1.29, 1.82) is 0 Å². The Kier molecular flexibility index (Phi) is 8.16. The van der Waals surface area contributed by atoms with Crippen molar-refractivity contribution in [3.05, 3.63) is 42.0 Å². The molecule has 0 bridgehead atoms. The Balaban J connectivity index is 1.58. The molecule has 0 aliphatic heterocycles. The Morgan fingerprint density at radius 2 is 1.74 bits per heavy atom. The van der Waals surface area contributed by atoms with Gasteiger partial charge >= 0.3 is 6.18 Å². The quantitative estimate of drug-likeness (QED) is 0.431. The van der Waals surface area contributed by atoms with Gasteiger partial charge < -0.3 is 24.8 Å². The molecule has 1 aromatic heterocycles. The number of carbonyl (C=O) groups is 2. The largest absolute Gasteiger partial charge is 0.490 e. The molecule has 1 heterocycles. The molecule has 0 fully saturated rings. The molecule has 182 valence electrons. The van der Waals surface area contributed by atoms with Crippen molar-refractivity contribution in [2.45, 2.75) is 20.0 Å². The highest BCUT2D eigenvalue weighted by molar-refractivity contribution is 7.22. The zero-order valence-corrected chi connectivity index (χ0v) is 19.1. The number of thiazole rings is 1. The Morgan fingerprint density at radius 1 is 1.00 bits per heavy atom. The molecular formula is C22H22F3N3O5S. The number of nitrogens with zero attached hydrogens (tertiary/aromatic N) is 1. The molecule has 0 atom stereocenters. The summed E-state index contributed by atoms with van der Waals surface area (Å²) in [6.07, 6.45) is -4.44. The molecule has 34 heavy (non-hydrogen) atoms. The highest BCUT2D eigenvalue weighted by Crippen LogP contribution is 2.30. The minimum absolute atomic E-state index is 0.0420. The normalized spacial score (nSPS) is 11.2. The van der Waals surface area contributed by atoms with E-state index in [-0.39, 0.29) is 17.4 Å². The van der Waals surface area contributed by atoms with Gasteiger partial charge in [-0.15, -0.1) is 0 Å². The van der Waals surface area contributed by atoms with Gasteiger partial charge in [-0.25, -0.2) is 4.98 Å².